The topological polar surface area (TPSA) is 72.1 Å². The lowest BCUT2D eigenvalue weighted by molar-refractivity contribution is -0.142. The number of ketones is 1. The summed E-state index contributed by atoms with van der Waals surface area (Å²) in [7, 11) is 0. The monoisotopic (exact) mass is 400 g/mol. The molecule has 0 saturated carbocycles. The van der Waals surface area contributed by atoms with Gasteiger partial charge in [0.05, 0.1) is 11.6 Å². The number of esters is 1. The van der Waals surface area contributed by atoms with Crippen LogP contribution in [0.5, 0.6) is 0 Å². The number of aryl methyl sites for hydroxylation is 2. The number of hydrogen-bond donors (Lipinski definition) is 0. The average molecular weight is 400 g/mol. The standard InChI is InChI=1S/C25H24N2O3/c1-18-14-23(19(2)27(18)16-22-6-4-3-5-7-22)24(28)17-30-25(29)13-12-20-8-10-21(15-26)11-9-20/h3-11,14H,12-13,16-17H2,1-2H3. The number of hydrogen-bond acceptors (Lipinski definition) is 4. The first-order valence-electron chi connectivity index (χ1n) is 9.86. The van der Waals surface area contributed by atoms with E-state index in [9.17, 15) is 9.59 Å². The maximum atomic E-state index is 12.6. The molecule has 1 aromatic heterocycles. The van der Waals surface area contributed by atoms with Gasteiger partial charge in [-0.2, -0.15) is 5.26 Å². The SMILES string of the molecule is Cc1cc(C(=O)COC(=O)CCc2ccc(C#N)cc2)c(C)n1Cc1ccccc1. The Labute approximate surface area is 176 Å². The van der Waals surface area contributed by atoms with Crippen molar-refractivity contribution in [2.75, 3.05) is 6.61 Å². The lowest BCUT2D eigenvalue weighted by atomic mass is 10.1. The Morgan fingerprint density at radius 1 is 1.00 bits per heavy atom. The van der Waals surface area contributed by atoms with Crippen LogP contribution in [-0.2, 0) is 22.5 Å². The first kappa shape index (κ1) is 21.1. The zero-order chi connectivity index (χ0) is 21.5. The normalized spacial score (nSPS) is 10.4. The highest BCUT2D eigenvalue weighted by molar-refractivity contribution is 5.99. The Morgan fingerprint density at radius 2 is 1.70 bits per heavy atom. The van der Waals surface area contributed by atoms with Crippen molar-refractivity contribution >= 4 is 11.8 Å². The number of Topliss-reactive ketones (excluding diaryl/α,β-unsaturated/α-hetero) is 1. The van der Waals surface area contributed by atoms with Crippen molar-refractivity contribution in [2.45, 2.75) is 33.2 Å². The van der Waals surface area contributed by atoms with Crippen molar-refractivity contribution in [3.63, 3.8) is 0 Å². The van der Waals surface area contributed by atoms with Gasteiger partial charge in [0, 0.05) is 29.9 Å². The Balaban J connectivity index is 1.54. The molecule has 2 aromatic carbocycles. The van der Waals surface area contributed by atoms with Gasteiger partial charge in [0.2, 0.25) is 5.78 Å². The Kier molecular flexibility index (Phi) is 6.82. The summed E-state index contributed by atoms with van der Waals surface area (Å²) in [5, 5.41) is 8.82. The molecule has 3 aromatic rings. The summed E-state index contributed by atoms with van der Waals surface area (Å²) in [5.74, 6) is -0.611. The van der Waals surface area contributed by atoms with Crippen LogP contribution in [0.25, 0.3) is 0 Å². The van der Waals surface area contributed by atoms with E-state index in [-0.39, 0.29) is 18.8 Å². The van der Waals surface area contributed by atoms with E-state index in [1.807, 2.05) is 50.2 Å². The molecular formula is C25H24N2O3. The number of benzene rings is 2. The molecule has 0 N–H and O–H groups in total. The van der Waals surface area contributed by atoms with E-state index in [0.29, 0.717) is 24.1 Å². The van der Waals surface area contributed by atoms with E-state index < -0.39 is 5.97 Å². The molecule has 30 heavy (non-hydrogen) atoms. The molecule has 0 saturated heterocycles. The van der Waals surface area contributed by atoms with Gasteiger partial charge < -0.3 is 9.30 Å². The van der Waals surface area contributed by atoms with Gasteiger partial charge in [-0.25, -0.2) is 0 Å². The molecule has 0 spiro atoms. The maximum absolute atomic E-state index is 12.6. The summed E-state index contributed by atoms with van der Waals surface area (Å²) in [6.07, 6.45) is 0.691. The summed E-state index contributed by atoms with van der Waals surface area (Å²) in [6, 6.07) is 21.0. The fraction of sp³-hybridized carbons (Fsp3) is 0.240. The predicted octanol–water partition coefficient (Wildman–Crippen LogP) is 4.38. The van der Waals surface area contributed by atoms with Gasteiger partial charge in [0.15, 0.2) is 6.61 Å². The van der Waals surface area contributed by atoms with E-state index >= 15 is 0 Å². The van der Waals surface area contributed by atoms with Gasteiger partial charge in [0.25, 0.3) is 0 Å². The zero-order valence-corrected chi connectivity index (χ0v) is 17.2. The third-order valence-corrected chi connectivity index (χ3v) is 5.12. The van der Waals surface area contributed by atoms with Crippen molar-refractivity contribution in [1.29, 1.82) is 5.26 Å². The van der Waals surface area contributed by atoms with E-state index in [2.05, 4.69) is 22.8 Å². The minimum Gasteiger partial charge on any atom is -0.457 e. The molecule has 0 aliphatic rings. The summed E-state index contributed by atoms with van der Waals surface area (Å²) in [4.78, 5) is 24.7. The van der Waals surface area contributed by atoms with Crippen molar-refractivity contribution in [3.05, 3.63) is 94.3 Å². The highest BCUT2D eigenvalue weighted by atomic mass is 16.5. The number of carbonyl (C=O) groups excluding carboxylic acids is 2. The fourth-order valence-corrected chi connectivity index (χ4v) is 3.38. The van der Waals surface area contributed by atoms with Crippen LogP contribution in [0.4, 0.5) is 0 Å². The third-order valence-electron chi connectivity index (χ3n) is 5.12. The summed E-state index contributed by atoms with van der Waals surface area (Å²) in [5.41, 5.74) is 5.14. The lowest BCUT2D eigenvalue weighted by Crippen LogP contribution is -2.15. The van der Waals surface area contributed by atoms with E-state index in [1.165, 1.54) is 0 Å². The highest BCUT2D eigenvalue weighted by Crippen LogP contribution is 2.18. The second-order valence-electron chi connectivity index (χ2n) is 7.25. The predicted molar refractivity (Wildman–Crippen MR) is 114 cm³/mol. The van der Waals surface area contributed by atoms with Crippen LogP contribution < -0.4 is 0 Å². The van der Waals surface area contributed by atoms with Gasteiger partial charge in [-0.15, -0.1) is 0 Å². The summed E-state index contributed by atoms with van der Waals surface area (Å²) < 4.78 is 7.29. The molecule has 0 unspecified atom stereocenters. The number of aromatic nitrogens is 1. The molecule has 0 fully saturated rings. The van der Waals surface area contributed by atoms with Crippen molar-refractivity contribution in [3.8, 4) is 6.07 Å². The molecular weight excluding hydrogens is 376 g/mol. The molecule has 152 valence electrons. The third kappa shape index (κ3) is 5.24. The van der Waals surface area contributed by atoms with Gasteiger partial charge in [-0.3, -0.25) is 9.59 Å². The molecule has 5 nitrogen and oxygen atoms in total. The van der Waals surface area contributed by atoms with Crippen LogP contribution in [-0.4, -0.2) is 22.9 Å². The molecule has 0 aliphatic carbocycles. The molecule has 0 bridgehead atoms. The van der Waals surface area contributed by atoms with Crippen LogP contribution in [0.1, 0.15) is 44.9 Å². The van der Waals surface area contributed by atoms with Crippen molar-refractivity contribution < 1.29 is 14.3 Å². The number of nitrogens with zero attached hydrogens (tertiary/aromatic N) is 2. The Bertz CT molecular complexity index is 1070. The van der Waals surface area contributed by atoms with E-state index in [0.717, 1.165) is 22.5 Å². The van der Waals surface area contributed by atoms with Crippen LogP contribution in [0.2, 0.25) is 0 Å². The molecule has 1 heterocycles. The van der Waals surface area contributed by atoms with Gasteiger partial charge in [-0.05, 0) is 49.6 Å². The minimum atomic E-state index is -0.411. The van der Waals surface area contributed by atoms with Crippen LogP contribution in [0, 0.1) is 25.2 Å². The largest absolute Gasteiger partial charge is 0.457 e. The summed E-state index contributed by atoms with van der Waals surface area (Å²) in [6.45, 7) is 4.31. The number of rotatable bonds is 8. The second kappa shape index (κ2) is 9.71. The molecule has 3 rings (SSSR count). The zero-order valence-electron chi connectivity index (χ0n) is 17.2. The summed E-state index contributed by atoms with van der Waals surface area (Å²) >= 11 is 0. The number of carbonyl (C=O) groups is 2. The minimum absolute atomic E-state index is 0.187. The van der Waals surface area contributed by atoms with Gasteiger partial charge in [-0.1, -0.05) is 42.5 Å². The van der Waals surface area contributed by atoms with Crippen LogP contribution in [0.15, 0.2) is 60.7 Å². The van der Waals surface area contributed by atoms with Crippen LogP contribution >= 0.6 is 0 Å². The highest BCUT2D eigenvalue weighted by Gasteiger charge is 2.17. The molecule has 0 aliphatic heterocycles. The fourth-order valence-electron chi connectivity index (χ4n) is 3.38. The second-order valence-corrected chi connectivity index (χ2v) is 7.25. The van der Waals surface area contributed by atoms with Crippen molar-refractivity contribution in [1.82, 2.24) is 4.57 Å². The van der Waals surface area contributed by atoms with Crippen molar-refractivity contribution in [2.24, 2.45) is 0 Å². The smallest absolute Gasteiger partial charge is 0.306 e. The molecule has 0 radical (unpaired) electrons. The van der Waals surface area contributed by atoms with E-state index in [1.54, 1.807) is 12.1 Å². The van der Waals surface area contributed by atoms with Gasteiger partial charge in [0.1, 0.15) is 0 Å². The number of ether oxygens (including phenoxy) is 1. The first-order chi connectivity index (χ1) is 14.5. The van der Waals surface area contributed by atoms with Gasteiger partial charge >= 0.3 is 5.97 Å². The molecule has 5 heteroatoms. The van der Waals surface area contributed by atoms with E-state index in [4.69, 9.17) is 10.00 Å². The average Bonchev–Trinajstić information content (AvgIpc) is 3.05. The van der Waals surface area contributed by atoms with Crippen LogP contribution in [0.3, 0.4) is 0 Å². The Morgan fingerprint density at radius 3 is 2.37 bits per heavy atom. The lowest BCUT2D eigenvalue weighted by Gasteiger charge is -2.10. The Hall–Kier alpha value is -3.65. The first-order valence-corrected chi connectivity index (χ1v) is 9.86. The molecule has 0 amide bonds. The number of nitriles is 1. The quantitative estimate of drug-likeness (QED) is 0.415. The maximum Gasteiger partial charge on any atom is 0.306 e. The molecule has 0 atom stereocenters.